The topological polar surface area (TPSA) is 27.7 Å². The van der Waals surface area contributed by atoms with Gasteiger partial charge in [-0.3, -0.25) is 0 Å². The van der Waals surface area contributed by atoms with E-state index in [1.807, 2.05) is 12.1 Å². The Labute approximate surface area is 219 Å². The molecule has 36 heavy (non-hydrogen) atoms. The quantitative estimate of drug-likeness (QED) is 0.313. The van der Waals surface area contributed by atoms with Crippen molar-refractivity contribution in [2.24, 2.45) is 0 Å². The number of hydrogen-bond acceptors (Lipinski definition) is 3. The van der Waals surface area contributed by atoms with Crippen LogP contribution in [0, 0.1) is 6.92 Å². The third kappa shape index (κ3) is 7.37. The van der Waals surface area contributed by atoms with Crippen LogP contribution >= 0.6 is 8.43 Å². The van der Waals surface area contributed by atoms with E-state index >= 15 is 0 Å². The molecule has 0 N–H and O–H groups in total. The number of aryl methyl sites for hydroxylation is 1. The molecule has 3 aromatic carbocycles. The van der Waals surface area contributed by atoms with Gasteiger partial charge < -0.3 is 14.0 Å². The van der Waals surface area contributed by atoms with Crippen LogP contribution in [-0.4, -0.2) is 6.30 Å². The highest BCUT2D eigenvalue weighted by atomic mass is 31.1. The molecule has 4 heteroatoms. The van der Waals surface area contributed by atoms with Gasteiger partial charge in [-0.05, 0) is 88.1 Å². The van der Waals surface area contributed by atoms with Gasteiger partial charge in [-0.1, -0.05) is 68.4 Å². The zero-order chi connectivity index (χ0) is 26.9. The van der Waals surface area contributed by atoms with Crippen LogP contribution in [0.25, 0.3) is 0 Å². The third-order valence-electron chi connectivity index (χ3n) is 6.05. The van der Waals surface area contributed by atoms with Crippen LogP contribution in [0.4, 0.5) is 0 Å². The first-order valence-corrected chi connectivity index (χ1v) is 13.5. The van der Waals surface area contributed by atoms with Crippen LogP contribution in [0.1, 0.15) is 84.6 Å². The molecule has 0 atom stereocenters. The van der Waals surface area contributed by atoms with Crippen molar-refractivity contribution in [3.63, 3.8) is 0 Å². The summed E-state index contributed by atoms with van der Waals surface area (Å²) in [4.78, 5) is 0. The highest BCUT2D eigenvalue weighted by Crippen LogP contribution is 2.38. The predicted molar refractivity (Wildman–Crippen MR) is 155 cm³/mol. The smallest absolute Gasteiger partial charge is 0.135 e. The Kier molecular flexibility index (Phi) is 7.96. The summed E-state index contributed by atoms with van der Waals surface area (Å²) in [7, 11) is 0.598. The van der Waals surface area contributed by atoms with E-state index in [0.717, 1.165) is 39.9 Å². The van der Waals surface area contributed by atoms with Crippen molar-refractivity contribution in [2.45, 2.75) is 85.5 Å². The van der Waals surface area contributed by atoms with Gasteiger partial charge in [0.2, 0.25) is 0 Å². The maximum atomic E-state index is 6.44. The van der Waals surface area contributed by atoms with Gasteiger partial charge in [-0.25, -0.2) is 0 Å². The molecule has 0 unspecified atom stereocenters. The van der Waals surface area contributed by atoms with E-state index in [1.165, 1.54) is 11.1 Å². The van der Waals surface area contributed by atoms with Crippen LogP contribution in [0.3, 0.4) is 0 Å². The summed E-state index contributed by atoms with van der Waals surface area (Å²) < 4.78 is 18.6. The largest absolute Gasteiger partial charge is 0.457 e. The molecule has 192 valence electrons. The third-order valence-corrected chi connectivity index (χ3v) is 6.39. The van der Waals surface area contributed by atoms with Crippen molar-refractivity contribution in [1.82, 2.24) is 0 Å². The number of rotatable bonds is 6. The highest BCUT2D eigenvalue weighted by Gasteiger charge is 2.20. The molecular weight excluding hydrogens is 463 g/mol. The minimum Gasteiger partial charge on any atom is -0.457 e. The molecule has 0 radical (unpaired) electrons. The maximum absolute atomic E-state index is 6.44. The van der Waals surface area contributed by atoms with Gasteiger partial charge in [-0.15, -0.1) is 0 Å². The highest BCUT2D eigenvalue weighted by molar-refractivity contribution is 7.31. The summed E-state index contributed by atoms with van der Waals surface area (Å²) >= 11 is 0. The molecule has 0 heterocycles. The Morgan fingerprint density at radius 2 is 0.833 bits per heavy atom. The van der Waals surface area contributed by atoms with Crippen molar-refractivity contribution in [2.75, 3.05) is 0 Å². The normalized spacial score (nSPS) is 12.5. The van der Waals surface area contributed by atoms with Crippen LogP contribution in [0.2, 0.25) is 0 Å². The first kappa shape index (κ1) is 27.8. The van der Waals surface area contributed by atoms with Crippen LogP contribution in [-0.2, 0) is 16.2 Å². The van der Waals surface area contributed by atoms with Gasteiger partial charge in [-0.2, -0.15) is 0 Å². The van der Waals surface area contributed by atoms with E-state index in [1.54, 1.807) is 0 Å². The van der Waals surface area contributed by atoms with E-state index in [2.05, 4.69) is 118 Å². The lowest BCUT2D eigenvalue weighted by Gasteiger charge is -2.23. The van der Waals surface area contributed by atoms with Crippen LogP contribution < -0.4 is 14.0 Å². The second-order valence-corrected chi connectivity index (χ2v) is 13.0. The molecule has 0 amide bonds. The summed E-state index contributed by atoms with van der Waals surface area (Å²) in [6.45, 7) is 21.9. The van der Waals surface area contributed by atoms with E-state index in [9.17, 15) is 0 Å². The average Bonchev–Trinajstić information content (AvgIpc) is 2.71. The summed E-state index contributed by atoms with van der Waals surface area (Å²) in [5.41, 5.74) is 4.61. The molecular formula is C32H41O3P. The number of benzene rings is 3. The van der Waals surface area contributed by atoms with Crippen molar-refractivity contribution in [3.8, 4) is 28.7 Å². The summed E-state index contributed by atoms with van der Waals surface area (Å²) in [5.74, 6) is 3.78. The Balaban J connectivity index is 2.04. The fraction of sp³-hybridized carbons (Fsp3) is 0.406. The standard InChI is InChI=1S/C32H41O3P/c1-21-12-22(30(2,3)4)14-25(13-21)33-26-15-23(31(5,6)7)16-27(19-26)34-28-17-24(32(8,9)10)18-29(20-28)35-36-11/h12-20H,11H2,1-10H3. The monoisotopic (exact) mass is 504 g/mol. The first-order chi connectivity index (χ1) is 16.5. The Bertz CT molecular complexity index is 1240. The molecule has 0 aromatic heterocycles. The van der Waals surface area contributed by atoms with E-state index in [0.29, 0.717) is 8.43 Å². The van der Waals surface area contributed by atoms with Crippen LogP contribution in [0.15, 0.2) is 54.6 Å². The Morgan fingerprint density at radius 1 is 0.500 bits per heavy atom. The Hall–Kier alpha value is -2.77. The lowest BCUT2D eigenvalue weighted by molar-refractivity contribution is 0.450. The number of ether oxygens (including phenoxy) is 2. The maximum Gasteiger partial charge on any atom is 0.135 e. The molecule has 0 aliphatic rings. The van der Waals surface area contributed by atoms with Gasteiger partial charge in [0.25, 0.3) is 0 Å². The summed E-state index contributed by atoms with van der Waals surface area (Å²) in [6.07, 6.45) is 3.80. The molecule has 3 aromatic rings. The van der Waals surface area contributed by atoms with E-state index < -0.39 is 0 Å². The fourth-order valence-electron chi connectivity index (χ4n) is 3.83. The van der Waals surface area contributed by atoms with Gasteiger partial charge in [0.15, 0.2) is 0 Å². The second-order valence-electron chi connectivity index (χ2n) is 12.6. The van der Waals surface area contributed by atoms with Crippen molar-refractivity contribution < 1.29 is 14.0 Å². The first-order valence-electron chi connectivity index (χ1n) is 12.5. The zero-order valence-electron chi connectivity index (χ0n) is 23.6. The van der Waals surface area contributed by atoms with Crippen molar-refractivity contribution in [3.05, 3.63) is 76.9 Å². The lowest BCUT2D eigenvalue weighted by Crippen LogP contribution is -2.12. The molecule has 0 fully saturated rings. The molecule has 0 bridgehead atoms. The molecule has 0 aliphatic heterocycles. The van der Waals surface area contributed by atoms with Crippen molar-refractivity contribution in [1.29, 1.82) is 0 Å². The predicted octanol–water partition coefficient (Wildman–Crippen LogP) is 10.1. The molecule has 0 spiro atoms. The molecule has 3 rings (SSSR count). The molecule has 3 nitrogen and oxygen atoms in total. The van der Waals surface area contributed by atoms with E-state index in [-0.39, 0.29) is 16.2 Å². The van der Waals surface area contributed by atoms with Gasteiger partial charge in [0.05, 0.1) is 0 Å². The second kappa shape index (κ2) is 10.3. The van der Waals surface area contributed by atoms with Crippen molar-refractivity contribution >= 4 is 14.7 Å². The summed E-state index contributed by atoms with van der Waals surface area (Å²) in [6, 6.07) is 18.6. The van der Waals surface area contributed by atoms with Gasteiger partial charge in [0.1, 0.15) is 37.2 Å². The minimum atomic E-state index is -0.0745. The van der Waals surface area contributed by atoms with Crippen LogP contribution in [0.5, 0.6) is 28.7 Å². The van der Waals surface area contributed by atoms with Gasteiger partial charge >= 0.3 is 0 Å². The Morgan fingerprint density at radius 3 is 1.22 bits per heavy atom. The summed E-state index contributed by atoms with van der Waals surface area (Å²) in [5, 5.41) is 0. The fourth-order valence-corrected chi connectivity index (χ4v) is 4.08. The number of hydrogen-bond donors (Lipinski definition) is 0. The molecule has 0 saturated carbocycles. The molecule has 0 saturated heterocycles. The lowest BCUT2D eigenvalue weighted by atomic mass is 9.86. The molecule has 0 aliphatic carbocycles. The van der Waals surface area contributed by atoms with Gasteiger partial charge in [0, 0.05) is 12.1 Å². The zero-order valence-corrected chi connectivity index (χ0v) is 24.5. The minimum absolute atomic E-state index is 0.0386. The average molecular weight is 505 g/mol. The van der Waals surface area contributed by atoms with E-state index in [4.69, 9.17) is 14.0 Å². The SMILES string of the molecule is C=POc1cc(Oc2cc(Oc3cc(C)cc(C(C)(C)C)c3)cc(C(C)(C)C)c2)cc(C(C)(C)C)c1.